The van der Waals surface area contributed by atoms with Gasteiger partial charge in [-0.3, -0.25) is 13.8 Å². The van der Waals surface area contributed by atoms with Gasteiger partial charge in [0.1, 0.15) is 25.0 Å². The Balaban J connectivity index is 4.20. The lowest BCUT2D eigenvalue weighted by Crippen LogP contribution is -2.37. The lowest BCUT2D eigenvalue weighted by Gasteiger charge is -2.26. The Bertz CT molecular complexity index is 641. The van der Waals surface area contributed by atoms with Crippen molar-refractivity contribution in [2.75, 3.05) is 47.5 Å². The lowest BCUT2D eigenvalue weighted by atomic mass is 9.91. The number of ether oxygens (including phenoxy) is 1. The van der Waals surface area contributed by atoms with E-state index in [1.54, 1.807) is 6.92 Å². The highest BCUT2D eigenvalue weighted by atomic mass is 31.2. The van der Waals surface area contributed by atoms with E-state index in [0.717, 1.165) is 19.3 Å². The Morgan fingerprint density at radius 1 is 0.795 bits per heavy atom. The molecule has 4 unspecified atom stereocenters. The predicted molar refractivity (Wildman–Crippen MR) is 160 cm³/mol. The number of phosphoric acid groups is 1. The van der Waals surface area contributed by atoms with Crippen LogP contribution in [-0.2, 0) is 23.1 Å². The zero-order valence-corrected chi connectivity index (χ0v) is 27.1. The van der Waals surface area contributed by atoms with Crippen LogP contribution in [0.15, 0.2) is 0 Å². The third-order valence-electron chi connectivity index (χ3n) is 7.20. The number of unbranched alkanes of at least 4 members (excludes halogenated alkanes) is 13. The van der Waals surface area contributed by atoms with Crippen LogP contribution in [0.1, 0.15) is 124 Å². The minimum Gasteiger partial charge on any atom is -0.388 e. The average Bonchev–Trinajstić information content (AvgIpc) is 2.85. The topological polar surface area (TPSA) is 102 Å². The van der Waals surface area contributed by atoms with Crippen molar-refractivity contribution in [2.45, 2.75) is 136 Å². The summed E-state index contributed by atoms with van der Waals surface area (Å²) in [6, 6.07) is 0. The summed E-state index contributed by atoms with van der Waals surface area (Å²) in [6.07, 6.45) is 18.2. The maximum absolute atomic E-state index is 12.2. The van der Waals surface area contributed by atoms with E-state index in [4.69, 9.17) is 13.8 Å². The van der Waals surface area contributed by atoms with Crippen molar-refractivity contribution in [1.82, 2.24) is 0 Å². The van der Waals surface area contributed by atoms with Crippen LogP contribution >= 0.6 is 7.82 Å². The molecule has 0 bridgehead atoms. The maximum atomic E-state index is 12.2. The number of phosphoric ester groups is 1. The van der Waals surface area contributed by atoms with E-state index in [9.17, 15) is 19.4 Å². The van der Waals surface area contributed by atoms with Gasteiger partial charge in [-0.25, -0.2) is 4.57 Å². The third kappa shape index (κ3) is 24.0. The van der Waals surface area contributed by atoms with Gasteiger partial charge in [-0.2, -0.15) is 0 Å². The molecule has 2 N–H and O–H groups in total. The number of aliphatic hydroxyl groups excluding tert-OH is 1. The largest absolute Gasteiger partial charge is 0.472 e. The predicted octanol–water partition coefficient (Wildman–Crippen LogP) is 7.06. The first-order valence-corrected chi connectivity index (χ1v) is 17.1. The zero-order valence-electron chi connectivity index (χ0n) is 26.2. The molecule has 0 spiro atoms. The summed E-state index contributed by atoms with van der Waals surface area (Å²) in [6.45, 7) is 6.00. The van der Waals surface area contributed by atoms with Crippen LogP contribution in [0, 0.1) is 5.92 Å². The molecule has 0 heterocycles. The van der Waals surface area contributed by atoms with Gasteiger partial charge in [0.05, 0.1) is 40.5 Å². The summed E-state index contributed by atoms with van der Waals surface area (Å²) in [5.41, 5.74) is 0. The molecule has 0 aliphatic carbocycles. The highest BCUT2D eigenvalue weighted by Gasteiger charge is 2.27. The van der Waals surface area contributed by atoms with E-state index >= 15 is 0 Å². The number of hydrogen-bond acceptors (Lipinski definition) is 6. The lowest BCUT2D eigenvalue weighted by molar-refractivity contribution is -0.870. The first kappa shape index (κ1) is 38.7. The van der Waals surface area contributed by atoms with Crippen LogP contribution in [0.4, 0.5) is 0 Å². The normalized spacial score (nSPS) is 16.1. The molecule has 0 saturated carbocycles. The van der Waals surface area contributed by atoms with Crippen molar-refractivity contribution < 1.29 is 37.6 Å². The van der Waals surface area contributed by atoms with E-state index in [1.807, 2.05) is 28.1 Å². The van der Waals surface area contributed by atoms with Crippen molar-refractivity contribution in [3.8, 4) is 0 Å². The smallest absolute Gasteiger partial charge is 0.388 e. The summed E-state index contributed by atoms with van der Waals surface area (Å²) >= 11 is 0. The van der Waals surface area contributed by atoms with Gasteiger partial charge in [0, 0.05) is 5.92 Å². The quantitative estimate of drug-likeness (QED) is 0.0580. The highest BCUT2D eigenvalue weighted by Crippen LogP contribution is 2.43. The number of nitrogens with zero attached hydrogens (tertiary/aromatic N) is 1. The molecule has 8 nitrogen and oxygen atoms in total. The molecule has 4 atom stereocenters. The number of carbonyl (C=O) groups is 1. The van der Waals surface area contributed by atoms with Gasteiger partial charge in [-0.15, -0.1) is 0 Å². The number of aliphatic hydroxyl groups is 1. The second-order valence-electron chi connectivity index (χ2n) is 12.1. The number of likely N-dealkylation sites (N-methyl/N-ethyl adjacent to an activating group) is 1. The van der Waals surface area contributed by atoms with Gasteiger partial charge in [0.15, 0.2) is 0 Å². The molecule has 0 amide bonds. The summed E-state index contributed by atoms with van der Waals surface area (Å²) in [5, 5.41) is 10.3. The summed E-state index contributed by atoms with van der Waals surface area (Å²) in [5.74, 6) is -0.132. The van der Waals surface area contributed by atoms with Crippen molar-refractivity contribution >= 4 is 13.6 Å². The zero-order chi connectivity index (χ0) is 29.6. The van der Waals surface area contributed by atoms with Crippen LogP contribution in [0.5, 0.6) is 0 Å². The molecule has 0 fully saturated rings. The van der Waals surface area contributed by atoms with E-state index in [2.05, 4.69) is 6.92 Å². The van der Waals surface area contributed by atoms with Gasteiger partial charge in [-0.05, 0) is 19.8 Å². The van der Waals surface area contributed by atoms with E-state index < -0.39 is 13.9 Å². The van der Waals surface area contributed by atoms with Gasteiger partial charge < -0.3 is 19.2 Å². The van der Waals surface area contributed by atoms with E-state index in [0.29, 0.717) is 17.4 Å². The van der Waals surface area contributed by atoms with Crippen LogP contribution in [-0.4, -0.2) is 80.0 Å². The SMILES string of the molecule is CCCCCCCCCCCCCCCCC(OCC(O)COP(=O)(O)OCC[N+](C)(C)C)C(CC)C(C)=O. The number of quaternary nitrogens is 1. The molecule has 0 aromatic carbocycles. The summed E-state index contributed by atoms with van der Waals surface area (Å²) < 4.78 is 28.5. The van der Waals surface area contributed by atoms with Crippen molar-refractivity contribution in [3.05, 3.63) is 0 Å². The molecule has 234 valence electrons. The molecule has 0 aromatic rings. The van der Waals surface area contributed by atoms with Gasteiger partial charge in [0.25, 0.3) is 0 Å². The fourth-order valence-corrected chi connectivity index (χ4v) is 5.43. The number of Topliss-reactive ketones (excluding diaryl/α,β-unsaturated/α-hetero) is 1. The van der Waals surface area contributed by atoms with Gasteiger partial charge in [0.2, 0.25) is 0 Å². The highest BCUT2D eigenvalue weighted by molar-refractivity contribution is 7.47. The minimum atomic E-state index is -4.25. The fraction of sp³-hybridized carbons (Fsp3) is 0.967. The average molecular weight is 581 g/mol. The first-order valence-electron chi connectivity index (χ1n) is 15.6. The molecule has 0 radical (unpaired) electrons. The molecule has 0 aliphatic rings. The Morgan fingerprint density at radius 2 is 1.28 bits per heavy atom. The second kappa shape index (κ2) is 23.2. The standard InChI is InChI=1S/C30H62NO7P/c1-7-9-10-11-12-13-14-15-16-17-18-19-20-21-22-30(29(8-2)27(3)32)36-25-28(33)26-38-39(34,35)37-24-23-31(4,5)6/h28-30,33H,7-26H2,1-6H3/p+1. The molecule has 0 aromatic heterocycles. The minimum absolute atomic E-state index is 0.0636. The van der Waals surface area contributed by atoms with Crippen molar-refractivity contribution in [2.24, 2.45) is 5.92 Å². The molecular weight excluding hydrogens is 517 g/mol. The number of carbonyl (C=O) groups excluding carboxylic acids is 1. The van der Waals surface area contributed by atoms with E-state index in [-0.39, 0.29) is 37.6 Å². The van der Waals surface area contributed by atoms with Gasteiger partial charge >= 0.3 is 7.82 Å². The number of ketones is 1. The third-order valence-corrected chi connectivity index (χ3v) is 8.19. The maximum Gasteiger partial charge on any atom is 0.472 e. The molecule has 0 rings (SSSR count). The summed E-state index contributed by atoms with van der Waals surface area (Å²) in [7, 11) is 1.61. The Kier molecular flexibility index (Phi) is 23.0. The molecule has 39 heavy (non-hydrogen) atoms. The van der Waals surface area contributed by atoms with Crippen LogP contribution in [0.2, 0.25) is 0 Å². The molecule has 0 aliphatic heterocycles. The van der Waals surface area contributed by atoms with Crippen LogP contribution in [0.3, 0.4) is 0 Å². The molecule has 0 saturated heterocycles. The Morgan fingerprint density at radius 3 is 1.72 bits per heavy atom. The monoisotopic (exact) mass is 580 g/mol. The second-order valence-corrected chi connectivity index (χ2v) is 13.6. The van der Waals surface area contributed by atoms with Gasteiger partial charge in [-0.1, -0.05) is 104 Å². The van der Waals surface area contributed by atoms with Crippen LogP contribution < -0.4 is 0 Å². The fourth-order valence-electron chi connectivity index (χ4n) is 4.68. The molecular formula is C30H63NO7P+. The number of rotatable bonds is 28. The van der Waals surface area contributed by atoms with Crippen LogP contribution in [0.25, 0.3) is 0 Å². The Labute approximate surface area is 240 Å². The Hall–Kier alpha value is -0.340. The number of hydrogen-bond donors (Lipinski definition) is 2. The molecule has 9 heteroatoms. The van der Waals surface area contributed by atoms with Crippen molar-refractivity contribution in [3.63, 3.8) is 0 Å². The first-order chi connectivity index (χ1) is 18.4. The van der Waals surface area contributed by atoms with E-state index in [1.165, 1.54) is 77.0 Å². The summed E-state index contributed by atoms with van der Waals surface area (Å²) in [4.78, 5) is 22.0. The van der Waals surface area contributed by atoms with Crippen molar-refractivity contribution in [1.29, 1.82) is 0 Å².